The van der Waals surface area contributed by atoms with Gasteiger partial charge in [-0.1, -0.05) is 26.0 Å². The minimum atomic E-state index is -3.25. The topological polar surface area (TPSA) is 118 Å². The number of amides is 2. The minimum Gasteiger partial charge on any atom is -0.348 e. The highest BCUT2D eigenvalue weighted by atomic mass is 32.2. The Labute approximate surface area is 142 Å². The number of carbonyl (C=O) groups excluding carboxylic acids is 2. The summed E-state index contributed by atoms with van der Waals surface area (Å²) in [6.45, 7) is 5.26. The molecule has 1 aromatic carbocycles. The van der Waals surface area contributed by atoms with Crippen LogP contribution in [0.25, 0.3) is 0 Å². The third-order valence-electron chi connectivity index (χ3n) is 3.63. The highest BCUT2D eigenvalue weighted by Gasteiger charge is 2.18. The average molecular weight is 355 g/mol. The van der Waals surface area contributed by atoms with E-state index in [1.54, 1.807) is 19.1 Å². The summed E-state index contributed by atoms with van der Waals surface area (Å²) >= 11 is 0. The molecule has 0 heterocycles. The van der Waals surface area contributed by atoms with Crippen molar-refractivity contribution in [1.29, 1.82) is 0 Å². The van der Waals surface area contributed by atoms with Crippen LogP contribution >= 0.6 is 0 Å². The zero-order valence-corrected chi connectivity index (χ0v) is 15.2. The zero-order chi connectivity index (χ0) is 18.5. The fourth-order valence-electron chi connectivity index (χ4n) is 1.97. The van der Waals surface area contributed by atoms with E-state index in [0.717, 1.165) is 11.8 Å². The fraction of sp³-hybridized carbons (Fsp3) is 0.500. The van der Waals surface area contributed by atoms with Crippen LogP contribution in [0.3, 0.4) is 0 Å². The minimum absolute atomic E-state index is 0.0136. The maximum atomic E-state index is 11.9. The molecule has 0 aliphatic rings. The molecule has 1 rings (SSSR count). The van der Waals surface area contributed by atoms with Crippen LogP contribution in [-0.2, 0) is 19.4 Å². The normalized spacial score (nSPS) is 14.1. The molecule has 0 aliphatic carbocycles. The molecule has 0 bridgehead atoms. The SMILES string of the molecule is CC(NC(=O)CNC(=O)[C@@H](N)C(C)C)c1ccc(S(C)(=O)=O)cc1. The molecule has 0 saturated heterocycles. The lowest BCUT2D eigenvalue weighted by Crippen LogP contribution is -2.47. The summed E-state index contributed by atoms with van der Waals surface area (Å²) in [5.41, 5.74) is 6.46. The van der Waals surface area contributed by atoms with Crippen LogP contribution < -0.4 is 16.4 Å². The summed E-state index contributed by atoms with van der Waals surface area (Å²) in [5.74, 6) is -0.732. The van der Waals surface area contributed by atoms with Crippen molar-refractivity contribution in [2.75, 3.05) is 12.8 Å². The molecule has 0 aromatic heterocycles. The Hall–Kier alpha value is -1.93. The van der Waals surface area contributed by atoms with E-state index in [1.165, 1.54) is 12.1 Å². The Balaban J connectivity index is 2.57. The van der Waals surface area contributed by atoms with E-state index in [-0.39, 0.29) is 35.2 Å². The van der Waals surface area contributed by atoms with Crippen molar-refractivity contribution in [3.63, 3.8) is 0 Å². The lowest BCUT2D eigenvalue weighted by atomic mass is 10.1. The fourth-order valence-corrected chi connectivity index (χ4v) is 2.60. The molecule has 0 saturated carbocycles. The predicted octanol–water partition coefficient (Wildman–Crippen LogP) is 0.367. The predicted molar refractivity (Wildman–Crippen MR) is 91.9 cm³/mol. The van der Waals surface area contributed by atoms with Gasteiger partial charge in [-0.05, 0) is 30.5 Å². The Kier molecular flexibility index (Phi) is 6.92. The number of benzene rings is 1. The van der Waals surface area contributed by atoms with Crippen LogP contribution in [0.1, 0.15) is 32.4 Å². The molecule has 0 fully saturated rings. The van der Waals surface area contributed by atoms with Crippen LogP contribution in [-0.4, -0.2) is 39.1 Å². The molecule has 2 amide bonds. The number of nitrogens with two attached hydrogens (primary N) is 1. The van der Waals surface area contributed by atoms with Gasteiger partial charge in [0, 0.05) is 6.26 Å². The number of carbonyl (C=O) groups is 2. The molecular formula is C16H25N3O4S. The van der Waals surface area contributed by atoms with Gasteiger partial charge in [-0.2, -0.15) is 0 Å². The second-order valence-corrected chi connectivity index (χ2v) is 8.13. The lowest BCUT2D eigenvalue weighted by Gasteiger charge is -2.17. The van der Waals surface area contributed by atoms with E-state index in [9.17, 15) is 18.0 Å². The Morgan fingerprint density at radius 3 is 2.12 bits per heavy atom. The Bertz CT molecular complexity index is 684. The van der Waals surface area contributed by atoms with Gasteiger partial charge in [-0.3, -0.25) is 9.59 Å². The monoisotopic (exact) mass is 355 g/mol. The van der Waals surface area contributed by atoms with Gasteiger partial charge in [-0.25, -0.2) is 8.42 Å². The van der Waals surface area contributed by atoms with Crippen molar-refractivity contribution in [3.05, 3.63) is 29.8 Å². The second-order valence-electron chi connectivity index (χ2n) is 6.12. The smallest absolute Gasteiger partial charge is 0.239 e. The quantitative estimate of drug-likeness (QED) is 0.653. The van der Waals surface area contributed by atoms with E-state index in [2.05, 4.69) is 10.6 Å². The number of sulfone groups is 1. The lowest BCUT2D eigenvalue weighted by molar-refractivity contribution is -0.127. The van der Waals surface area contributed by atoms with Gasteiger partial charge in [0.15, 0.2) is 9.84 Å². The second kappa shape index (κ2) is 8.25. The number of hydrogen-bond acceptors (Lipinski definition) is 5. The Morgan fingerprint density at radius 1 is 1.12 bits per heavy atom. The maximum absolute atomic E-state index is 11.9. The molecule has 7 nitrogen and oxygen atoms in total. The van der Waals surface area contributed by atoms with Crippen LogP contribution in [0.5, 0.6) is 0 Å². The van der Waals surface area contributed by atoms with Gasteiger partial charge in [0.1, 0.15) is 0 Å². The molecular weight excluding hydrogens is 330 g/mol. The first-order valence-electron chi connectivity index (χ1n) is 7.65. The van der Waals surface area contributed by atoms with E-state index >= 15 is 0 Å². The van der Waals surface area contributed by atoms with Crippen LogP contribution in [0, 0.1) is 5.92 Å². The molecule has 8 heteroatoms. The van der Waals surface area contributed by atoms with E-state index < -0.39 is 15.9 Å². The van der Waals surface area contributed by atoms with Gasteiger partial charge < -0.3 is 16.4 Å². The summed E-state index contributed by atoms with van der Waals surface area (Å²) in [5, 5.41) is 5.23. The zero-order valence-electron chi connectivity index (χ0n) is 14.4. The van der Waals surface area contributed by atoms with Crippen molar-refractivity contribution in [3.8, 4) is 0 Å². The van der Waals surface area contributed by atoms with Crippen molar-refractivity contribution < 1.29 is 18.0 Å². The first-order valence-corrected chi connectivity index (χ1v) is 9.54. The molecule has 1 unspecified atom stereocenters. The first kappa shape index (κ1) is 20.1. The molecule has 0 radical (unpaired) electrons. The van der Waals surface area contributed by atoms with Crippen LogP contribution in [0.4, 0.5) is 0 Å². The maximum Gasteiger partial charge on any atom is 0.239 e. The first-order chi connectivity index (χ1) is 11.0. The molecule has 1 aromatic rings. The third-order valence-corrected chi connectivity index (χ3v) is 4.76. The molecule has 0 aliphatic heterocycles. The van der Waals surface area contributed by atoms with Crippen LogP contribution in [0.15, 0.2) is 29.2 Å². The van der Waals surface area contributed by atoms with Gasteiger partial charge in [0.05, 0.1) is 23.5 Å². The van der Waals surface area contributed by atoms with Crippen LogP contribution in [0.2, 0.25) is 0 Å². The number of nitrogens with one attached hydrogen (secondary N) is 2. The van der Waals surface area contributed by atoms with Gasteiger partial charge in [-0.15, -0.1) is 0 Å². The van der Waals surface area contributed by atoms with Crippen molar-refractivity contribution in [1.82, 2.24) is 10.6 Å². The molecule has 0 spiro atoms. The molecule has 2 atom stereocenters. The highest BCUT2D eigenvalue weighted by molar-refractivity contribution is 7.90. The Morgan fingerprint density at radius 2 is 1.67 bits per heavy atom. The standard InChI is InChI=1S/C16H25N3O4S/c1-10(2)15(17)16(21)18-9-14(20)19-11(3)12-5-7-13(8-6-12)24(4,22)23/h5-8,10-11,15H,9,17H2,1-4H3,(H,18,21)(H,19,20)/t11?,15-/m0/s1. The van der Waals surface area contributed by atoms with Crippen molar-refractivity contribution in [2.24, 2.45) is 11.7 Å². The number of hydrogen-bond donors (Lipinski definition) is 3. The van der Waals surface area contributed by atoms with Crippen molar-refractivity contribution >= 4 is 21.7 Å². The molecule has 24 heavy (non-hydrogen) atoms. The van der Waals surface area contributed by atoms with Gasteiger partial charge >= 0.3 is 0 Å². The third kappa shape index (κ3) is 5.93. The number of rotatable bonds is 7. The summed E-state index contributed by atoms with van der Waals surface area (Å²) in [4.78, 5) is 23.8. The molecule has 134 valence electrons. The largest absolute Gasteiger partial charge is 0.348 e. The van der Waals surface area contributed by atoms with Gasteiger partial charge in [0.2, 0.25) is 11.8 Å². The summed E-state index contributed by atoms with van der Waals surface area (Å²) < 4.78 is 22.8. The van der Waals surface area contributed by atoms with E-state index in [0.29, 0.717) is 0 Å². The average Bonchev–Trinajstić information content (AvgIpc) is 2.50. The van der Waals surface area contributed by atoms with Gasteiger partial charge in [0.25, 0.3) is 0 Å². The molecule has 4 N–H and O–H groups in total. The summed E-state index contributed by atoms with van der Waals surface area (Å²) in [6.07, 6.45) is 1.14. The highest BCUT2D eigenvalue weighted by Crippen LogP contribution is 2.16. The summed E-state index contributed by atoms with van der Waals surface area (Å²) in [6, 6.07) is 5.32. The van der Waals surface area contributed by atoms with Crippen molar-refractivity contribution in [2.45, 2.75) is 37.8 Å². The van der Waals surface area contributed by atoms with E-state index in [1.807, 2.05) is 13.8 Å². The summed E-state index contributed by atoms with van der Waals surface area (Å²) in [7, 11) is -3.25. The van der Waals surface area contributed by atoms with E-state index in [4.69, 9.17) is 5.73 Å².